The van der Waals surface area contributed by atoms with Gasteiger partial charge in [-0.3, -0.25) is 4.79 Å². The van der Waals surface area contributed by atoms with Crippen molar-refractivity contribution in [3.8, 4) is 0 Å². The lowest BCUT2D eigenvalue weighted by molar-refractivity contribution is -0.127. The van der Waals surface area contributed by atoms with Crippen molar-refractivity contribution in [2.24, 2.45) is 0 Å². The minimum absolute atomic E-state index is 0.0415. The van der Waals surface area contributed by atoms with E-state index in [4.69, 9.17) is 27.9 Å². The number of benzene rings is 1. The van der Waals surface area contributed by atoms with Gasteiger partial charge < -0.3 is 14.2 Å². The summed E-state index contributed by atoms with van der Waals surface area (Å²) in [4.78, 5) is 26.1. The van der Waals surface area contributed by atoms with E-state index in [-0.39, 0.29) is 17.9 Å². The van der Waals surface area contributed by atoms with E-state index in [1.54, 1.807) is 30.4 Å². The maximum absolute atomic E-state index is 12.4. The molecule has 7 heteroatoms. The van der Waals surface area contributed by atoms with Crippen LogP contribution in [0.5, 0.6) is 0 Å². The molecule has 1 fully saturated rings. The molecule has 1 aromatic heterocycles. The number of carbonyl (C=O) groups excluding carboxylic acids is 2. The Morgan fingerprint density at radius 3 is 2.56 bits per heavy atom. The molecule has 0 bridgehead atoms. The highest BCUT2D eigenvalue weighted by Gasteiger charge is 2.25. The Kier molecular flexibility index (Phi) is 6.24. The number of esters is 1. The number of rotatable bonds is 4. The van der Waals surface area contributed by atoms with Crippen molar-refractivity contribution in [3.63, 3.8) is 0 Å². The van der Waals surface area contributed by atoms with Crippen molar-refractivity contribution in [2.75, 3.05) is 20.2 Å². The summed E-state index contributed by atoms with van der Waals surface area (Å²) in [5, 5.41) is 0.943. The molecular weight excluding hydrogens is 387 g/mol. The van der Waals surface area contributed by atoms with Crippen molar-refractivity contribution in [3.05, 3.63) is 63.9 Å². The number of ether oxygens (including phenoxy) is 1. The number of piperidine rings is 1. The van der Waals surface area contributed by atoms with Crippen molar-refractivity contribution >= 4 is 41.2 Å². The van der Waals surface area contributed by atoms with Crippen LogP contribution < -0.4 is 0 Å². The average Bonchev–Trinajstić information content (AvgIpc) is 3.18. The maximum Gasteiger partial charge on any atom is 0.354 e. The predicted molar refractivity (Wildman–Crippen MR) is 106 cm³/mol. The van der Waals surface area contributed by atoms with E-state index < -0.39 is 0 Å². The van der Waals surface area contributed by atoms with Gasteiger partial charge in [0, 0.05) is 31.4 Å². The number of aromatic nitrogens is 1. The van der Waals surface area contributed by atoms with Gasteiger partial charge >= 0.3 is 5.97 Å². The van der Waals surface area contributed by atoms with Gasteiger partial charge in [0.2, 0.25) is 5.91 Å². The summed E-state index contributed by atoms with van der Waals surface area (Å²) >= 11 is 11.9. The third kappa shape index (κ3) is 4.54. The molecular formula is C20H20Cl2N2O3. The van der Waals surface area contributed by atoms with Gasteiger partial charge in [-0.15, -0.1) is 0 Å². The number of amides is 1. The first-order valence-corrected chi connectivity index (χ1v) is 9.42. The van der Waals surface area contributed by atoms with Crippen LogP contribution in [-0.4, -0.2) is 41.5 Å². The topological polar surface area (TPSA) is 51.5 Å². The molecule has 2 heterocycles. The largest absolute Gasteiger partial charge is 0.464 e. The molecule has 0 radical (unpaired) electrons. The second-order valence-corrected chi connectivity index (χ2v) is 7.17. The van der Waals surface area contributed by atoms with Crippen LogP contribution in [-0.2, 0) is 9.53 Å². The van der Waals surface area contributed by atoms with E-state index in [2.05, 4.69) is 0 Å². The van der Waals surface area contributed by atoms with Crippen molar-refractivity contribution in [1.82, 2.24) is 9.47 Å². The molecule has 1 saturated heterocycles. The molecule has 0 unspecified atom stereocenters. The van der Waals surface area contributed by atoms with Crippen LogP contribution in [0.2, 0.25) is 10.0 Å². The lowest BCUT2D eigenvalue weighted by Crippen LogP contribution is -2.38. The van der Waals surface area contributed by atoms with Gasteiger partial charge in [0.25, 0.3) is 0 Å². The van der Waals surface area contributed by atoms with E-state index >= 15 is 0 Å². The Hall–Kier alpha value is -2.24. The molecule has 0 saturated carbocycles. The van der Waals surface area contributed by atoms with Gasteiger partial charge in [-0.1, -0.05) is 29.3 Å². The summed E-state index contributed by atoms with van der Waals surface area (Å²) in [6, 6.07) is 9.00. The van der Waals surface area contributed by atoms with E-state index in [0.717, 1.165) is 18.4 Å². The zero-order valence-electron chi connectivity index (χ0n) is 14.9. The number of likely N-dealkylation sites (tertiary alicyclic amines) is 1. The normalized spacial score (nSPS) is 15.3. The highest BCUT2D eigenvalue weighted by Crippen LogP contribution is 2.26. The lowest BCUT2D eigenvalue weighted by atomic mass is 10.0. The Bertz CT molecular complexity index is 868. The van der Waals surface area contributed by atoms with Gasteiger partial charge in [-0.05, 0) is 48.7 Å². The summed E-state index contributed by atoms with van der Waals surface area (Å²) < 4.78 is 6.77. The van der Waals surface area contributed by atoms with Gasteiger partial charge in [-0.25, -0.2) is 4.79 Å². The predicted octanol–water partition coefficient (Wildman–Crippen LogP) is 4.46. The number of hydrogen-bond donors (Lipinski definition) is 0. The summed E-state index contributed by atoms with van der Waals surface area (Å²) in [5.74, 6) is -0.386. The fourth-order valence-corrected chi connectivity index (χ4v) is 3.55. The molecule has 2 aromatic rings. The van der Waals surface area contributed by atoms with E-state index in [1.165, 1.54) is 7.11 Å². The monoisotopic (exact) mass is 406 g/mol. The quantitative estimate of drug-likeness (QED) is 0.556. The molecule has 0 atom stereocenters. The molecule has 5 nitrogen and oxygen atoms in total. The molecule has 27 heavy (non-hydrogen) atoms. The Balaban J connectivity index is 1.59. The van der Waals surface area contributed by atoms with Gasteiger partial charge in [0.15, 0.2) is 0 Å². The molecule has 142 valence electrons. The fraction of sp³-hybridized carbons (Fsp3) is 0.300. The van der Waals surface area contributed by atoms with Gasteiger partial charge in [-0.2, -0.15) is 0 Å². The maximum atomic E-state index is 12.4. The van der Waals surface area contributed by atoms with Crippen LogP contribution in [0.3, 0.4) is 0 Å². The standard InChI is InChI=1S/C20H20Cl2N2O3/c1-27-20(26)18-3-2-10-24(18)15-8-11-23(12-9-15)19(25)7-5-14-4-6-16(21)17(22)13-14/h2-7,10,13,15H,8-9,11-12H2,1H3/b7-5+. The van der Waals surface area contributed by atoms with Crippen LogP contribution in [0.25, 0.3) is 6.08 Å². The Labute approximate surface area is 168 Å². The zero-order valence-corrected chi connectivity index (χ0v) is 16.4. The Morgan fingerprint density at radius 2 is 1.89 bits per heavy atom. The lowest BCUT2D eigenvalue weighted by Gasteiger charge is -2.32. The average molecular weight is 407 g/mol. The third-order valence-electron chi connectivity index (χ3n) is 4.71. The minimum atomic E-state index is -0.344. The van der Waals surface area contributed by atoms with Gasteiger partial charge in [0.1, 0.15) is 5.69 Å². The first kappa shape index (κ1) is 19.5. The van der Waals surface area contributed by atoms with Crippen LogP contribution in [0.1, 0.15) is 34.9 Å². The first-order valence-electron chi connectivity index (χ1n) is 8.67. The third-order valence-corrected chi connectivity index (χ3v) is 5.44. The second-order valence-electron chi connectivity index (χ2n) is 6.36. The summed E-state index contributed by atoms with van der Waals surface area (Å²) in [5.41, 5.74) is 1.37. The number of carbonyl (C=O) groups is 2. The number of halogens is 2. The fourth-order valence-electron chi connectivity index (χ4n) is 3.24. The summed E-state index contributed by atoms with van der Waals surface area (Å²) in [6.07, 6.45) is 6.74. The highest BCUT2D eigenvalue weighted by molar-refractivity contribution is 6.42. The van der Waals surface area contributed by atoms with Crippen molar-refractivity contribution in [1.29, 1.82) is 0 Å². The highest BCUT2D eigenvalue weighted by atomic mass is 35.5. The number of hydrogen-bond acceptors (Lipinski definition) is 3. The van der Waals surface area contributed by atoms with Crippen LogP contribution in [0, 0.1) is 0 Å². The summed E-state index contributed by atoms with van der Waals surface area (Å²) in [7, 11) is 1.38. The van der Waals surface area contributed by atoms with E-state index in [0.29, 0.717) is 28.8 Å². The smallest absolute Gasteiger partial charge is 0.354 e. The van der Waals surface area contributed by atoms with Gasteiger partial charge in [0.05, 0.1) is 17.2 Å². The molecule has 1 aliphatic heterocycles. The van der Waals surface area contributed by atoms with E-state index in [9.17, 15) is 9.59 Å². The van der Waals surface area contributed by atoms with Crippen LogP contribution >= 0.6 is 23.2 Å². The second kappa shape index (κ2) is 8.63. The molecule has 1 aromatic carbocycles. The van der Waals surface area contributed by atoms with Crippen LogP contribution in [0.15, 0.2) is 42.6 Å². The number of methoxy groups -OCH3 is 1. The Morgan fingerprint density at radius 1 is 1.15 bits per heavy atom. The minimum Gasteiger partial charge on any atom is -0.464 e. The zero-order chi connectivity index (χ0) is 19.4. The molecule has 0 N–H and O–H groups in total. The number of nitrogens with zero attached hydrogens (tertiary/aromatic N) is 2. The van der Waals surface area contributed by atoms with Crippen molar-refractivity contribution in [2.45, 2.75) is 18.9 Å². The van der Waals surface area contributed by atoms with Crippen LogP contribution in [0.4, 0.5) is 0 Å². The first-order chi connectivity index (χ1) is 13.0. The van der Waals surface area contributed by atoms with E-state index in [1.807, 2.05) is 27.8 Å². The summed E-state index contributed by atoms with van der Waals surface area (Å²) in [6.45, 7) is 1.27. The van der Waals surface area contributed by atoms with Crippen molar-refractivity contribution < 1.29 is 14.3 Å². The molecule has 0 aliphatic carbocycles. The molecule has 1 aliphatic rings. The molecule has 3 rings (SSSR count). The molecule has 0 spiro atoms. The SMILES string of the molecule is COC(=O)c1cccn1C1CCN(C(=O)/C=C/c2ccc(Cl)c(Cl)c2)CC1. The molecule has 1 amide bonds.